The van der Waals surface area contributed by atoms with E-state index in [1.54, 1.807) is 29.8 Å². The van der Waals surface area contributed by atoms with Crippen molar-refractivity contribution >= 4 is 29.0 Å². The number of nitro benzene ring substituents is 1. The average molecular weight is 296 g/mol. The maximum absolute atomic E-state index is 12.5. The molecule has 1 aromatic carbocycles. The number of hydrogen-bond acceptors (Lipinski definition) is 6. The van der Waals surface area contributed by atoms with Crippen molar-refractivity contribution in [2.45, 2.75) is 12.5 Å². The Balaban J connectivity index is 2.33. The van der Waals surface area contributed by atoms with Gasteiger partial charge in [-0.3, -0.25) is 20.8 Å². The predicted octanol–water partition coefficient (Wildman–Crippen LogP) is 1.46. The Bertz CT molecular complexity index is 531. The van der Waals surface area contributed by atoms with E-state index < -0.39 is 4.92 Å². The first-order valence-electron chi connectivity index (χ1n) is 6.15. The van der Waals surface area contributed by atoms with Crippen molar-refractivity contribution in [3.05, 3.63) is 33.9 Å². The van der Waals surface area contributed by atoms with E-state index in [4.69, 9.17) is 5.84 Å². The Morgan fingerprint density at radius 3 is 2.90 bits per heavy atom. The predicted molar refractivity (Wildman–Crippen MR) is 78.7 cm³/mol. The van der Waals surface area contributed by atoms with Gasteiger partial charge in [0, 0.05) is 24.9 Å². The Morgan fingerprint density at radius 2 is 2.35 bits per heavy atom. The Labute approximate surface area is 120 Å². The van der Waals surface area contributed by atoms with Gasteiger partial charge in [-0.25, -0.2) is 0 Å². The first-order chi connectivity index (χ1) is 9.56. The molecule has 0 spiro atoms. The third-order valence-electron chi connectivity index (χ3n) is 3.39. The fourth-order valence-corrected chi connectivity index (χ4v) is 3.47. The van der Waals surface area contributed by atoms with E-state index in [9.17, 15) is 14.9 Å². The van der Waals surface area contributed by atoms with Gasteiger partial charge in [0.05, 0.1) is 10.5 Å². The number of para-hydroxylation sites is 1. The largest absolute Gasteiger partial charge is 0.338 e. The van der Waals surface area contributed by atoms with Crippen molar-refractivity contribution in [2.24, 2.45) is 5.84 Å². The van der Waals surface area contributed by atoms with Crippen LogP contribution in [0.3, 0.4) is 0 Å². The summed E-state index contributed by atoms with van der Waals surface area (Å²) in [6.07, 6.45) is 0.938. The van der Waals surface area contributed by atoms with E-state index in [2.05, 4.69) is 5.43 Å². The zero-order chi connectivity index (χ0) is 14.7. The summed E-state index contributed by atoms with van der Waals surface area (Å²) in [5.74, 6) is 7.01. The number of nitrogens with two attached hydrogens (primary N) is 1. The summed E-state index contributed by atoms with van der Waals surface area (Å²) in [7, 11) is 1.72. The second kappa shape index (κ2) is 6.10. The minimum absolute atomic E-state index is 0.0556. The number of rotatable bonds is 4. The Kier molecular flexibility index (Phi) is 4.46. The molecule has 0 bridgehead atoms. The van der Waals surface area contributed by atoms with Crippen LogP contribution in [0.2, 0.25) is 0 Å². The van der Waals surface area contributed by atoms with E-state index in [0.29, 0.717) is 0 Å². The maximum Gasteiger partial charge on any atom is 0.294 e. The molecule has 1 saturated heterocycles. The van der Waals surface area contributed by atoms with E-state index in [0.717, 1.165) is 17.9 Å². The van der Waals surface area contributed by atoms with Gasteiger partial charge in [-0.2, -0.15) is 11.8 Å². The van der Waals surface area contributed by atoms with Gasteiger partial charge in [-0.1, -0.05) is 6.07 Å². The smallest absolute Gasteiger partial charge is 0.294 e. The lowest BCUT2D eigenvalue weighted by Crippen LogP contribution is -2.37. The number of benzene rings is 1. The highest BCUT2D eigenvalue weighted by molar-refractivity contribution is 7.99. The molecule has 0 aromatic heterocycles. The number of hydrogen-bond donors (Lipinski definition) is 2. The number of anilines is 1. The van der Waals surface area contributed by atoms with Crippen LogP contribution in [0.4, 0.5) is 11.4 Å². The zero-order valence-corrected chi connectivity index (χ0v) is 11.9. The third-order valence-corrected chi connectivity index (χ3v) is 4.53. The molecule has 108 valence electrons. The van der Waals surface area contributed by atoms with E-state index in [-0.39, 0.29) is 28.9 Å². The molecule has 20 heavy (non-hydrogen) atoms. The molecule has 3 N–H and O–H groups in total. The summed E-state index contributed by atoms with van der Waals surface area (Å²) in [6, 6.07) is 4.52. The maximum atomic E-state index is 12.5. The lowest BCUT2D eigenvalue weighted by Gasteiger charge is -2.24. The van der Waals surface area contributed by atoms with Crippen molar-refractivity contribution in [2.75, 3.05) is 24.0 Å². The molecule has 1 atom stereocenters. The molecule has 1 aromatic rings. The van der Waals surface area contributed by atoms with Crippen LogP contribution in [0, 0.1) is 10.1 Å². The molecule has 2 rings (SSSR count). The monoisotopic (exact) mass is 296 g/mol. The molecule has 1 aliphatic heterocycles. The lowest BCUT2D eigenvalue weighted by atomic mass is 10.1. The quantitative estimate of drug-likeness (QED) is 0.495. The van der Waals surface area contributed by atoms with Crippen LogP contribution in [-0.4, -0.2) is 40.3 Å². The number of nitro groups is 1. The minimum Gasteiger partial charge on any atom is -0.338 e. The first kappa shape index (κ1) is 14.6. The number of hydrazine groups is 1. The number of carbonyl (C=O) groups excluding carboxylic acids is 1. The van der Waals surface area contributed by atoms with Crippen LogP contribution in [-0.2, 0) is 0 Å². The second-order valence-corrected chi connectivity index (χ2v) is 5.68. The molecule has 1 aliphatic rings. The number of nitrogens with zero attached hydrogens (tertiary/aromatic N) is 2. The van der Waals surface area contributed by atoms with E-state index >= 15 is 0 Å². The van der Waals surface area contributed by atoms with Gasteiger partial charge in [0.25, 0.3) is 11.6 Å². The van der Waals surface area contributed by atoms with Crippen molar-refractivity contribution in [1.82, 2.24) is 4.90 Å². The minimum atomic E-state index is -0.558. The second-order valence-electron chi connectivity index (χ2n) is 4.53. The fraction of sp³-hybridized carbons (Fsp3) is 0.417. The summed E-state index contributed by atoms with van der Waals surface area (Å²) >= 11 is 1.80. The summed E-state index contributed by atoms with van der Waals surface area (Å²) in [5, 5.41) is 11.0. The number of carbonyl (C=O) groups is 1. The van der Waals surface area contributed by atoms with Crippen LogP contribution in [0.15, 0.2) is 18.2 Å². The van der Waals surface area contributed by atoms with Gasteiger partial charge in [0.1, 0.15) is 5.69 Å². The topological polar surface area (TPSA) is 102 Å². The summed E-state index contributed by atoms with van der Waals surface area (Å²) in [4.78, 5) is 24.5. The number of nitrogen functional groups attached to an aromatic ring is 1. The van der Waals surface area contributed by atoms with Gasteiger partial charge in [-0.15, -0.1) is 0 Å². The normalized spacial score (nSPS) is 17.8. The molecule has 0 saturated carbocycles. The number of nitrogens with one attached hydrogen (secondary N) is 1. The highest BCUT2D eigenvalue weighted by Crippen LogP contribution is 2.30. The van der Waals surface area contributed by atoms with Crippen molar-refractivity contribution in [1.29, 1.82) is 0 Å². The molecule has 0 aliphatic carbocycles. The van der Waals surface area contributed by atoms with Gasteiger partial charge >= 0.3 is 0 Å². The summed E-state index contributed by atoms with van der Waals surface area (Å²) in [6.45, 7) is 0. The van der Waals surface area contributed by atoms with Gasteiger partial charge in [-0.05, 0) is 18.2 Å². The molecule has 1 heterocycles. The fourth-order valence-electron chi connectivity index (χ4n) is 2.21. The molecule has 1 amide bonds. The first-order valence-corrected chi connectivity index (χ1v) is 7.30. The molecule has 0 radical (unpaired) electrons. The van der Waals surface area contributed by atoms with Crippen LogP contribution in [0.1, 0.15) is 16.8 Å². The summed E-state index contributed by atoms with van der Waals surface area (Å²) < 4.78 is 0. The molecule has 1 unspecified atom stereocenters. The summed E-state index contributed by atoms with van der Waals surface area (Å²) in [5.41, 5.74) is 2.35. The van der Waals surface area contributed by atoms with Gasteiger partial charge < -0.3 is 10.3 Å². The number of thioether (sulfide) groups is 1. The van der Waals surface area contributed by atoms with Crippen molar-refractivity contribution in [3.8, 4) is 0 Å². The highest BCUT2D eigenvalue weighted by Gasteiger charge is 2.28. The van der Waals surface area contributed by atoms with Crippen LogP contribution < -0.4 is 11.3 Å². The van der Waals surface area contributed by atoms with Crippen LogP contribution >= 0.6 is 11.8 Å². The van der Waals surface area contributed by atoms with Gasteiger partial charge in [0.15, 0.2) is 0 Å². The highest BCUT2D eigenvalue weighted by atomic mass is 32.2. The van der Waals surface area contributed by atoms with Crippen LogP contribution in [0.5, 0.6) is 0 Å². The zero-order valence-electron chi connectivity index (χ0n) is 11.0. The van der Waals surface area contributed by atoms with E-state index in [1.165, 1.54) is 12.1 Å². The van der Waals surface area contributed by atoms with Crippen molar-refractivity contribution < 1.29 is 9.72 Å². The average Bonchev–Trinajstić information content (AvgIpc) is 2.98. The molecule has 8 heteroatoms. The molecule has 1 fully saturated rings. The molecular formula is C12H16N4O3S. The lowest BCUT2D eigenvalue weighted by molar-refractivity contribution is -0.384. The standard InChI is InChI=1S/C12H16N4O3S/c1-15(8-5-6-20-7-8)12(17)9-3-2-4-10(16(18)19)11(9)14-13/h2-4,8,14H,5-7,13H2,1H3. The van der Waals surface area contributed by atoms with E-state index in [1.807, 2.05) is 0 Å². The Hall–Kier alpha value is -1.80. The third kappa shape index (κ3) is 2.70. The van der Waals surface area contributed by atoms with Gasteiger partial charge in [0.2, 0.25) is 0 Å². The Morgan fingerprint density at radius 1 is 1.60 bits per heavy atom. The molecular weight excluding hydrogens is 280 g/mol. The number of amides is 1. The SMILES string of the molecule is CN(C(=O)c1cccc([N+](=O)[O-])c1NN)C1CCSC1. The van der Waals surface area contributed by atoms with Crippen molar-refractivity contribution in [3.63, 3.8) is 0 Å². The van der Waals surface area contributed by atoms with Crippen LogP contribution in [0.25, 0.3) is 0 Å². The molecule has 7 nitrogen and oxygen atoms in total.